The standard InChI is InChI=1S/C13H9N3O2S2/c1-7-5-19-11-10(7)15-6-16-12(11)20-8-2-3-14-9(4-8)13(17)18/h2-6H,1H3,(H,17,18). The fraction of sp³-hybridized carbons (Fsp3) is 0.0769. The number of fused-ring (bicyclic) bond motifs is 1. The van der Waals surface area contributed by atoms with Crippen molar-refractivity contribution in [2.75, 3.05) is 0 Å². The van der Waals surface area contributed by atoms with Crippen LogP contribution >= 0.6 is 23.1 Å². The predicted molar refractivity (Wildman–Crippen MR) is 77.5 cm³/mol. The lowest BCUT2D eigenvalue weighted by atomic mass is 10.3. The van der Waals surface area contributed by atoms with Gasteiger partial charge >= 0.3 is 5.97 Å². The average Bonchev–Trinajstić information content (AvgIpc) is 2.82. The van der Waals surface area contributed by atoms with E-state index in [-0.39, 0.29) is 5.69 Å². The van der Waals surface area contributed by atoms with Crippen LogP contribution in [0.3, 0.4) is 0 Å². The second kappa shape index (κ2) is 5.18. The van der Waals surface area contributed by atoms with Crippen LogP contribution in [0.2, 0.25) is 0 Å². The summed E-state index contributed by atoms with van der Waals surface area (Å²) in [5, 5.41) is 11.8. The third-order valence-electron chi connectivity index (χ3n) is 2.66. The summed E-state index contributed by atoms with van der Waals surface area (Å²) in [7, 11) is 0. The minimum atomic E-state index is -1.03. The molecule has 0 spiro atoms. The number of rotatable bonds is 3. The molecule has 0 aliphatic heterocycles. The molecule has 1 N–H and O–H groups in total. The molecular formula is C13H9N3O2S2. The molecule has 0 fully saturated rings. The van der Waals surface area contributed by atoms with Crippen molar-refractivity contribution in [3.63, 3.8) is 0 Å². The highest BCUT2D eigenvalue weighted by Gasteiger charge is 2.11. The van der Waals surface area contributed by atoms with Crippen LogP contribution in [0.25, 0.3) is 10.2 Å². The molecule has 0 bridgehead atoms. The molecule has 0 aliphatic rings. The first-order chi connectivity index (χ1) is 9.65. The number of carboxylic acids is 1. The van der Waals surface area contributed by atoms with E-state index in [0.717, 1.165) is 25.7 Å². The van der Waals surface area contributed by atoms with Crippen molar-refractivity contribution in [2.24, 2.45) is 0 Å². The van der Waals surface area contributed by atoms with Crippen LogP contribution < -0.4 is 0 Å². The SMILES string of the molecule is Cc1csc2c(Sc3ccnc(C(=O)O)c3)ncnc12. The first kappa shape index (κ1) is 13.0. The van der Waals surface area contributed by atoms with E-state index in [4.69, 9.17) is 5.11 Å². The number of aromatic carboxylic acids is 1. The Morgan fingerprint density at radius 3 is 3.00 bits per heavy atom. The summed E-state index contributed by atoms with van der Waals surface area (Å²) in [5.41, 5.74) is 2.10. The quantitative estimate of drug-likeness (QED) is 0.749. The molecule has 3 aromatic rings. The van der Waals surface area contributed by atoms with E-state index in [1.165, 1.54) is 24.3 Å². The first-order valence-electron chi connectivity index (χ1n) is 5.71. The zero-order valence-electron chi connectivity index (χ0n) is 10.4. The lowest BCUT2D eigenvalue weighted by Crippen LogP contribution is -1.99. The van der Waals surface area contributed by atoms with Crippen LogP contribution in [0.15, 0.2) is 40.0 Å². The van der Waals surface area contributed by atoms with Crippen LogP contribution in [0.5, 0.6) is 0 Å². The molecule has 0 amide bonds. The third kappa shape index (κ3) is 2.37. The molecule has 20 heavy (non-hydrogen) atoms. The van der Waals surface area contributed by atoms with Gasteiger partial charge in [0.05, 0.1) is 10.2 Å². The van der Waals surface area contributed by atoms with Crippen molar-refractivity contribution in [1.82, 2.24) is 15.0 Å². The summed E-state index contributed by atoms with van der Waals surface area (Å²) in [4.78, 5) is 24.1. The van der Waals surface area contributed by atoms with Crippen molar-refractivity contribution in [1.29, 1.82) is 0 Å². The molecule has 0 radical (unpaired) electrons. The molecular weight excluding hydrogens is 294 g/mol. The second-order valence-corrected chi connectivity index (χ2v) is 6.00. The topological polar surface area (TPSA) is 76.0 Å². The Morgan fingerprint density at radius 1 is 1.35 bits per heavy atom. The van der Waals surface area contributed by atoms with Gasteiger partial charge in [-0.15, -0.1) is 11.3 Å². The lowest BCUT2D eigenvalue weighted by Gasteiger charge is -2.02. The monoisotopic (exact) mass is 303 g/mol. The Bertz CT molecular complexity index is 801. The molecule has 5 nitrogen and oxygen atoms in total. The van der Waals surface area contributed by atoms with E-state index in [9.17, 15) is 4.79 Å². The van der Waals surface area contributed by atoms with Gasteiger partial charge in [-0.1, -0.05) is 11.8 Å². The van der Waals surface area contributed by atoms with Gasteiger partial charge in [0.15, 0.2) is 0 Å². The van der Waals surface area contributed by atoms with Crippen LogP contribution in [0, 0.1) is 6.92 Å². The van der Waals surface area contributed by atoms with Crippen LogP contribution in [-0.2, 0) is 0 Å². The van der Waals surface area contributed by atoms with Crippen molar-refractivity contribution in [3.05, 3.63) is 41.3 Å². The van der Waals surface area contributed by atoms with Gasteiger partial charge in [0.1, 0.15) is 17.0 Å². The second-order valence-electron chi connectivity index (χ2n) is 4.06. The van der Waals surface area contributed by atoms with E-state index < -0.39 is 5.97 Å². The fourth-order valence-corrected chi connectivity index (χ4v) is 3.69. The molecule has 3 rings (SSSR count). The summed E-state index contributed by atoms with van der Waals surface area (Å²) in [5.74, 6) is -1.03. The Morgan fingerprint density at radius 2 is 2.20 bits per heavy atom. The molecule has 3 heterocycles. The number of nitrogens with zero attached hydrogens (tertiary/aromatic N) is 3. The lowest BCUT2D eigenvalue weighted by molar-refractivity contribution is 0.0690. The minimum absolute atomic E-state index is 0.0302. The van der Waals surface area contributed by atoms with Gasteiger partial charge in [0.25, 0.3) is 0 Å². The summed E-state index contributed by atoms with van der Waals surface area (Å²) in [6.07, 6.45) is 3.02. The Hall–Kier alpha value is -1.99. The van der Waals surface area contributed by atoms with Gasteiger partial charge in [-0.2, -0.15) is 0 Å². The molecule has 3 aromatic heterocycles. The number of thiophene rings is 1. The third-order valence-corrected chi connectivity index (χ3v) is 4.88. The van der Waals surface area contributed by atoms with Crippen molar-refractivity contribution in [2.45, 2.75) is 16.8 Å². The van der Waals surface area contributed by atoms with Crippen LogP contribution in [0.1, 0.15) is 16.1 Å². The summed E-state index contributed by atoms with van der Waals surface area (Å²) >= 11 is 3.01. The molecule has 0 atom stereocenters. The normalized spacial score (nSPS) is 10.8. The molecule has 0 saturated heterocycles. The Labute approximate surface area is 122 Å². The molecule has 7 heteroatoms. The highest BCUT2D eigenvalue weighted by Crippen LogP contribution is 2.35. The van der Waals surface area contributed by atoms with Gasteiger partial charge < -0.3 is 5.11 Å². The maximum Gasteiger partial charge on any atom is 0.354 e. The largest absolute Gasteiger partial charge is 0.477 e. The number of hydrogen-bond donors (Lipinski definition) is 1. The first-order valence-corrected chi connectivity index (χ1v) is 7.41. The van der Waals surface area contributed by atoms with Crippen molar-refractivity contribution < 1.29 is 9.90 Å². The summed E-state index contributed by atoms with van der Waals surface area (Å²) in [6, 6.07) is 3.31. The Balaban J connectivity index is 2.01. The maximum atomic E-state index is 10.9. The van der Waals surface area contributed by atoms with E-state index >= 15 is 0 Å². The van der Waals surface area contributed by atoms with Crippen molar-refractivity contribution >= 4 is 39.3 Å². The zero-order valence-corrected chi connectivity index (χ0v) is 12.0. The van der Waals surface area contributed by atoms with Gasteiger partial charge in [-0.3, -0.25) is 0 Å². The van der Waals surface area contributed by atoms with Crippen LogP contribution in [-0.4, -0.2) is 26.0 Å². The summed E-state index contributed by atoms with van der Waals surface area (Å²) in [6.45, 7) is 2.01. The van der Waals surface area contributed by atoms with Gasteiger partial charge in [0.2, 0.25) is 0 Å². The average molecular weight is 303 g/mol. The maximum absolute atomic E-state index is 10.9. The number of carbonyl (C=O) groups is 1. The van der Waals surface area contributed by atoms with E-state index in [1.54, 1.807) is 23.5 Å². The smallest absolute Gasteiger partial charge is 0.354 e. The molecule has 0 saturated carbocycles. The van der Waals surface area contributed by atoms with Crippen molar-refractivity contribution in [3.8, 4) is 0 Å². The highest BCUT2D eigenvalue weighted by molar-refractivity contribution is 7.99. The number of aromatic nitrogens is 3. The fourth-order valence-electron chi connectivity index (χ4n) is 1.72. The molecule has 0 unspecified atom stereocenters. The molecule has 100 valence electrons. The zero-order chi connectivity index (χ0) is 14.1. The molecule has 0 aromatic carbocycles. The van der Waals surface area contributed by atoms with Crippen LogP contribution in [0.4, 0.5) is 0 Å². The van der Waals surface area contributed by atoms with E-state index in [2.05, 4.69) is 15.0 Å². The van der Waals surface area contributed by atoms with Gasteiger partial charge in [0, 0.05) is 11.1 Å². The minimum Gasteiger partial charge on any atom is -0.477 e. The number of hydrogen-bond acceptors (Lipinski definition) is 6. The van der Waals surface area contributed by atoms with Gasteiger partial charge in [-0.05, 0) is 30.0 Å². The van der Waals surface area contributed by atoms with E-state index in [0.29, 0.717) is 0 Å². The number of pyridine rings is 1. The summed E-state index contributed by atoms with van der Waals surface area (Å²) < 4.78 is 1.02. The number of aryl methyl sites for hydroxylation is 1. The predicted octanol–water partition coefficient (Wildman–Crippen LogP) is 3.24. The van der Waals surface area contributed by atoms with E-state index in [1.807, 2.05) is 12.3 Å². The molecule has 0 aliphatic carbocycles. The Kier molecular flexibility index (Phi) is 3.37. The highest BCUT2D eigenvalue weighted by atomic mass is 32.2. The van der Waals surface area contributed by atoms with Gasteiger partial charge in [-0.25, -0.2) is 19.7 Å². The number of carboxylic acid groups (broad SMARTS) is 1.